The number of carbonyl (C=O) groups excluding carboxylic acids is 5. The van der Waals surface area contributed by atoms with Crippen molar-refractivity contribution in [3.63, 3.8) is 0 Å². The van der Waals surface area contributed by atoms with Gasteiger partial charge in [0.15, 0.2) is 0 Å². The number of β-amino-alcohol motifs (C(OH)–C–C–N with tert-alkyl or cyclic N) is 1. The van der Waals surface area contributed by atoms with Crippen molar-refractivity contribution in [3.8, 4) is 21.6 Å². The molecule has 2 aromatic heterocycles. The molecule has 0 aliphatic carbocycles. The highest BCUT2D eigenvalue weighted by Crippen LogP contribution is 2.37. The highest BCUT2D eigenvalue weighted by molar-refractivity contribution is 7.13. The standard InChI is InChI=1S/C58H71F4N9O10S/c1-34-30-70(31-35(2)69(34)7)47-15-13-39(25-46(47)67-54(76)43-29-64-50(74)27-44(43)58(60,61)62)42-14-12-40(24-45(42)59)53(75)63-17-19-80-21-23-81-22-20-79-18-16-49(73)68-52(57(4,5)6)56(78)71-32-41(72)26-48(71)55(77)65-28-37-8-10-38(11-9-37)51-36(3)66-33-82-51/h8-15,24-25,27,29,33-35,41,48,52,72H,16-23,26,28,30-32H2,1-7H3,(H,63,75)(H,64,74)(H,65,77)(H,67,76)(H,68,73)/t34-,35+,41-,48+,52-/m1/s1. The number of aryl methyl sites for hydroxylation is 1. The molecule has 7 rings (SSSR count). The lowest BCUT2D eigenvalue weighted by molar-refractivity contribution is -0.144. The number of likely N-dealkylation sites (N-methyl/N-ethyl adjacent to an activating group) is 1. The van der Waals surface area contributed by atoms with E-state index in [1.54, 1.807) is 49.8 Å². The first-order valence-corrected chi connectivity index (χ1v) is 27.9. The Hall–Kier alpha value is -7.09. The van der Waals surface area contributed by atoms with Crippen molar-refractivity contribution >= 4 is 52.2 Å². The van der Waals surface area contributed by atoms with E-state index < -0.39 is 81.8 Å². The van der Waals surface area contributed by atoms with Crippen LogP contribution in [0.15, 0.2) is 83.2 Å². The molecule has 0 radical (unpaired) electrons. The molecule has 3 aromatic carbocycles. The van der Waals surface area contributed by atoms with Gasteiger partial charge < -0.3 is 55.4 Å². The molecule has 2 saturated heterocycles. The van der Waals surface area contributed by atoms with E-state index >= 15 is 4.39 Å². The molecule has 4 heterocycles. The first-order valence-electron chi connectivity index (χ1n) is 27.0. The number of H-pyrrole nitrogens is 1. The quantitative estimate of drug-likeness (QED) is 0.0308. The van der Waals surface area contributed by atoms with Crippen LogP contribution in [0.2, 0.25) is 0 Å². The first kappa shape index (κ1) is 62.5. The van der Waals surface area contributed by atoms with E-state index in [0.717, 1.165) is 27.8 Å². The van der Waals surface area contributed by atoms with Crippen molar-refractivity contribution in [2.45, 2.75) is 97.4 Å². The number of thiazole rings is 1. The average molecular weight is 1160 g/mol. The lowest BCUT2D eigenvalue weighted by Crippen LogP contribution is -2.57. The molecule has 82 heavy (non-hydrogen) atoms. The number of pyridine rings is 1. The van der Waals surface area contributed by atoms with Crippen molar-refractivity contribution in [3.05, 3.63) is 123 Å². The summed E-state index contributed by atoms with van der Waals surface area (Å²) in [6.45, 7) is 13.6. The SMILES string of the molecule is Cc1ncsc1-c1ccc(CNC(=O)[C@@H]2C[C@@H](O)CN2C(=O)[C@@H](NC(=O)CCOCCOCCOCCNC(=O)c2ccc(-c3ccc(N4C[C@@H](C)N(C)[C@@H](C)C4)c(NC(=O)c4c[nH]c(=O)cc4C(F)(F)F)c3)c(F)c2)C(C)(C)C)cc1. The van der Waals surface area contributed by atoms with E-state index in [4.69, 9.17) is 14.2 Å². The summed E-state index contributed by atoms with van der Waals surface area (Å²) in [6.07, 6.45) is -5.18. The Morgan fingerprint density at radius 3 is 2.13 bits per heavy atom. The number of aromatic nitrogens is 2. The predicted molar refractivity (Wildman–Crippen MR) is 302 cm³/mol. The van der Waals surface area contributed by atoms with Gasteiger partial charge in [-0.3, -0.25) is 33.7 Å². The van der Waals surface area contributed by atoms with Crippen LogP contribution in [0, 0.1) is 18.2 Å². The number of halogens is 4. The van der Waals surface area contributed by atoms with Crippen LogP contribution in [-0.2, 0) is 41.3 Å². The molecule has 24 heteroatoms. The van der Waals surface area contributed by atoms with Gasteiger partial charge in [-0.2, -0.15) is 13.2 Å². The molecule has 0 bridgehead atoms. The number of nitrogens with zero attached hydrogens (tertiary/aromatic N) is 4. The van der Waals surface area contributed by atoms with Crippen LogP contribution in [0.4, 0.5) is 28.9 Å². The van der Waals surface area contributed by atoms with Crippen LogP contribution in [0.3, 0.4) is 0 Å². The Labute approximate surface area is 477 Å². The second-order valence-electron chi connectivity index (χ2n) is 21.6. The minimum Gasteiger partial charge on any atom is -0.391 e. The van der Waals surface area contributed by atoms with Gasteiger partial charge in [0.25, 0.3) is 11.8 Å². The van der Waals surface area contributed by atoms with Crippen molar-refractivity contribution in [2.24, 2.45) is 5.41 Å². The fourth-order valence-corrected chi connectivity index (χ4v) is 10.5. The Kier molecular flexibility index (Phi) is 21.2. The number of aliphatic hydroxyl groups excluding tert-OH is 1. The number of nitrogens with one attached hydrogen (secondary N) is 5. The monoisotopic (exact) mass is 1160 g/mol. The molecule has 5 aromatic rings. The van der Waals surface area contributed by atoms with Gasteiger partial charge in [-0.25, -0.2) is 9.37 Å². The number of anilines is 2. The van der Waals surface area contributed by atoms with Crippen molar-refractivity contribution in [1.82, 2.24) is 35.7 Å². The Bertz CT molecular complexity index is 3100. The van der Waals surface area contributed by atoms with Crippen LogP contribution in [0.5, 0.6) is 0 Å². The van der Waals surface area contributed by atoms with E-state index in [2.05, 4.69) is 36.1 Å². The summed E-state index contributed by atoms with van der Waals surface area (Å²) in [7, 11) is 1.98. The molecule has 6 N–H and O–H groups in total. The minimum absolute atomic E-state index is 0.0166. The van der Waals surface area contributed by atoms with E-state index in [0.29, 0.717) is 31.0 Å². The summed E-state index contributed by atoms with van der Waals surface area (Å²) >= 11 is 1.55. The van der Waals surface area contributed by atoms with Gasteiger partial charge in [-0.1, -0.05) is 57.2 Å². The minimum atomic E-state index is -5.00. The topological polar surface area (TPSA) is 237 Å². The van der Waals surface area contributed by atoms with Gasteiger partial charge in [0.2, 0.25) is 23.3 Å². The fourth-order valence-electron chi connectivity index (χ4n) is 9.71. The maximum absolute atomic E-state index is 15.8. The molecule has 0 saturated carbocycles. The fraction of sp³-hybridized carbons (Fsp3) is 0.466. The van der Waals surface area contributed by atoms with Crippen LogP contribution in [0.1, 0.15) is 85.0 Å². The van der Waals surface area contributed by atoms with Crippen LogP contribution in [-0.4, -0.2) is 158 Å². The van der Waals surface area contributed by atoms with Gasteiger partial charge in [0.1, 0.15) is 17.9 Å². The van der Waals surface area contributed by atoms with E-state index in [1.165, 1.54) is 23.1 Å². The molecule has 19 nitrogen and oxygen atoms in total. The largest absolute Gasteiger partial charge is 0.417 e. The number of rotatable bonds is 23. The number of aromatic amines is 1. The summed E-state index contributed by atoms with van der Waals surface area (Å²) in [5, 5.41) is 21.5. The third-order valence-corrected chi connectivity index (χ3v) is 15.4. The first-order chi connectivity index (χ1) is 38.9. The zero-order chi connectivity index (χ0) is 59.5. The predicted octanol–water partition coefficient (Wildman–Crippen LogP) is 6.39. The third-order valence-electron chi connectivity index (χ3n) is 14.4. The summed E-state index contributed by atoms with van der Waals surface area (Å²) in [5.74, 6) is -3.78. The van der Waals surface area contributed by atoms with E-state index in [-0.39, 0.29) is 107 Å². The maximum atomic E-state index is 15.8. The lowest BCUT2D eigenvalue weighted by Gasteiger charge is -2.44. The zero-order valence-corrected chi connectivity index (χ0v) is 47.7. The second-order valence-corrected chi connectivity index (χ2v) is 22.4. The highest BCUT2D eigenvalue weighted by Gasteiger charge is 2.44. The Morgan fingerprint density at radius 1 is 0.841 bits per heavy atom. The van der Waals surface area contributed by atoms with Crippen LogP contribution >= 0.6 is 11.3 Å². The van der Waals surface area contributed by atoms with Gasteiger partial charge in [0, 0.05) is 81.0 Å². The number of alkyl halides is 3. The van der Waals surface area contributed by atoms with Crippen molar-refractivity contribution in [1.29, 1.82) is 0 Å². The van der Waals surface area contributed by atoms with Gasteiger partial charge in [0.05, 0.1) is 84.3 Å². The van der Waals surface area contributed by atoms with Crippen molar-refractivity contribution < 1.29 is 60.9 Å². The second kappa shape index (κ2) is 27.8. The lowest BCUT2D eigenvalue weighted by atomic mass is 9.85. The molecular formula is C58H71F4N9O10S. The van der Waals surface area contributed by atoms with Gasteiger partial charge >= 0.3 is 6.18 Å². The highest BCUT2D eigenvalue weighted by atomic mass is 32.1. The van der Waals surface area contributed by atoms with Crippen LogP contribution < -0.4 is 31.7 Å². The van der Waals surface area contributed by atoms with Crippen LogP contribution in [0.25, 0.3) is 21.6 Å². The van der Waals surface area contributed by atoms with E-state index in [1.807, 2.05) is 57.0 Å². The smallest absolute Gasteiger partial charge is 0.391 e. The number of piperazine rings is 1. The number of ether oxygens (including phenoxy) is 3. The number of likely N-dealkylation sites (tertiary alicyclic amines) is 1. The number of aliphatic hydroxyl groups is 1. The molecular weight excluding hydrogens is 1090 g/mol. The maximum Gasteiger partial charge on any atom is 0.417 e. The van der Waals surface area contributed by atoms with E-state index in [9.17, 15) is 47.0 Å². The summed E-state index contributed by atoms with van der Waals surface area (Å²) in [6, 6.07) is 14.9. The summed E-state index contributed by atoms with van der Waals surface area (Å²) in [5.41, 5.74) is 1.62. The number of carbonyl (C=O) groups is 5. The van der Waals surface area contributed by atoms with Crippen molar-refractivity contribution in [2.75, 3.05) is 83.1 Å². The number of benzene rings is 3. The molecule has 5 amide bonds. The Morgan fingerprint density at radius 2 is 1.50 bits per heavy atom. The molecule has 2 fully saturated rings. The summed E-state index contributed by atoms with van der Waals surface area (Å²) < 4.78 is 74.3. The normalized spacial score (nSPS) is 18.0. The third kappa shape index (κ3) is 16.3. The summed E-state index contributed by atoms with van der Waals surface area (Å²) in [4.78, 5) is 91.9. The molecule has 0 spiro atoms. The molecule has 0 unspecified atom stereocenters. The molecule has 2 aliphatic heterocycles. The molecule has 442 valence electrons. The molecule has 5 atom stereocenters. The number of amides is 5. The number of hydrogen-bond donors (Lipinski definition) is 6. The number of hydrogen-bond acceptors (Lipinski definition) is 14. The average Bonchev–Trinajstić information content (AvgIpc) is 4.21. The van der Waals surface area contributed by atoms with Gasteiger partial charge in [-0.15, -0.1) is 11.3 Å². The van der Waals surface area contributed by atoms with Gasteiger partial charge in [-0.05, 0) is 74.2 Å². The molecule has 2 aliphatic rings. The zero-order valence-electron chi connectivity index (χ0n) is 46.9. The Balaban J connectivity index is 0.807.